The van der Waals surface area contributed by atoms with Gasteiger partial charge in [0.25, 0.3) is 12.3 Å². The summed E-state index contributed by atoms with van der Waals surface area (Å²) in [4.78, 5) is 17.5. The van der Waals surface area contributed by atoms with Crippen molar-refractivity contribution >= 4 is 17.9 Å². The number of hydrogen-bond donors (Lipinski definition) is 4. The number of phenolic OH excluding ortho intramolecular Hbond substituents is 1. The molecule has 0 unspecified atom stereocenters. The third-order valence-electron chi connectivity index (χ3n) is 3.32. The molecular weight excluding hydrogens is 324 g/mol. The van der Waals surface area contributed by atoms with Crippen LogP contribution in [0.1, 0.15) is 17.6 Å². The Morgan fingerprint density at radius 2 is 1.92 bits per heavy atom. The molecule has 0 spiro atoms. The van der Waals surface area contributed by atoms with Crippen LogP contribution in [0.3, 0.4) is 0 Å². The van der Waals surface area contributed by atoms with Crippen molar-refractivity contribution < 1.29 is 28.9 Å². The second-order valence-corrected chi connectivity index (χ2v) is 4.97. The third kappa shape index (κ3) is 4.06. The van der Waals surface area contributed by atoms with Gasteiger partial charge in [-0.3, -0.25) is 10.1 Å². The fraction of sp³-hybridized carbons (Fsp3) is 0.333. The van der Waals surface area contributed by atoms with Gasteiger partial charge in [-0.2, -0.15) is 0 Å². The summed E-state index contributed by atoms with van der Waals surface area (Å²) in [6.07, 6.45) is -1.45. The van der Waals surface area contributed by atoms with Crippen LogP contribution in [-0.4, -0.2) is 58.4 Å². The van der Waals surface area contributed by atoms with Gasteiger partial charge in [0.15, 0.2) is 0 Å². The summed E-state index contributed by atoms with van der Waals surface area (Å²) in [7, 11) is 0. The first-order chi connectivity index (χ1) is 11.5. The number of aliphatic hydroxyl groups excluding tert-OH is 2. The molecule has 0 bridgehead atoms. The highest BCUT2D eigenvalue weighted by molar-refractivity contribution is 6.13. The molecule has 0 fully saturated rings. The van der Waals surface area contributed by atoms with Crippen LogP contribution in [0.15, 0.2) is 28.9 Å². The number of aliphatic imine (C=N–C) groups is 1. The lowest BCUT2D eigenvalue weighted by molar-refractivity contribution is -0.115. The zero-order valence-electron chi connectivity index (χ0n) is 12.6. The largest absolute Gasteiger partial charge is 0.507 e. The van der Waals surface area contributed by atoms with Crippen LogP contribution < -0.4 is 5.32 Å². The van der Waals surface area contributed by atoms with Gasteiger partial charge in [0.05, 0.1) is 18.8 Å². The normalized spacial score (nSPS) is 15.8. The molecule has 1 aromatic rings. The van der Waals surface area contributed by atoms with Gasteiger partial charge in [-0.05, 0) is 23.8 Å². The number of alkyl halides is 2. The van der Waals surface area contributed by atoms with E-state index in [9.17, 15) is 18.7 Å². The van der Waals surface area contributed by atoms with Crippen molar-refractivity contribution in [3.05, 3.63) is 35.0 Å². The number of nitrogens with one attached hydrogen (secondary N) is 1. The molecule has 0 atom stereocenters. The Balaban J connectivity index is 2.26. The van der Waals surface area contributed by atoms with E-state index in [1.165, 1.54) is 17.0 Å². The first-order valence-electron chi connectivity index (χ1n) is 7.15. The molecule has 1 aliphatic rings. The van der Waals surface area contributed by atoms with Crippen molar-refractivity contribution in [2.75, 3.05) is 26.3 Å². The van der Waals surface area contributed by atoms with Crippen molar-refractivity contribution in [1.82, 2.24) is 10.2 Å². The molecule has 1 aromatic carbocycles. The van der Waals surface area contributed by atoms with Crippen LogP contribution in [0.5, 0.6) is 5.75 Å². The number of aromatic hydroxyl groups is 1. The Morgan fingerprint density at radius 3 is 2.46 bits per heavy atom. The predicted octanol–water partition coefficient (Wildman–Crippen LogP) is 0.443. The fourth-order valence-electron chi connectivity index (χ4n) is 2.16. The van der Waals surface area contributed by atoms with Crippen LogP contribution in [0.4, 0.5) is 8.78 Å². The number of aliphatic hydroxyl groups is 2. The van der Waals surface area contributed by atoms with Crippen molar-refractivity contribution in [2.24, 2.45) is 4.99 Å². The van der Waals surface area contributed by atoms with Crippen LogP contribution in [0.25, 0.3) is 6.08 Å². The van der Waals surface area contributed by atoms with Gasteiger partial charge in [-0.25, -0.2) is 13.8 Å². The van der Waals surface area contributed by atoms with Gasteiger partial charge >= 0.3 is 0 Å². The van der Waals surface area contributed by atoms with Gasteiger partial charge < -0.3 is 20.2 Å². The second-order valence-electron chi connectivity index (χ2n) is 4.97. The number of rotatable bonds is 6. The van der Waals surface area contributed by atoms with Crippen molar-refractivity contribution in [3.8, 4) is 5.75 Å². The number of benzene rings is 1. The van der Waals surface area contributed by atoms with Crippen molar-refractivity contribution in [1.29, 1.82) is 0 Å². The van der Waals surface area contributed by atoms with Crippen LogP contribution >= 0.6 is 0 Å². The second kappa shape index (κ2) is 7.84. The lowest BCUT2D eigenvalue weighted by atomic mass is 10.1. The highest BCUT2D eigenvalue weighted by Gasteiger charge is 2.24. The quantitative estimate of drug-likeness (QED) is 0.562. The molecule has 7 nitrogen and oxygen atoms in total. The minimum Gasteiger partial charge on any atom is -0.507 e. The van der Waals surface area contributed by atoms with Crippen LogP contribution in [-0.2, 0) is 4.79 Å². The Morgan fingerprint density at radius 1 is 1.25 bits per heavy atom. The Bertz CT molecular complexity index is 671. The summed E-state index contributed by atoms with van der Waals surface area (Å²) in [6, 6.07) is 3.54. The zero-order valence-corrected chi connectivity index (χ0v) is 12.6. The number of phenols is 1. The number of carbonyl (C=O) groups is 1. The summed E-state index contributed by atoms with van der Waals surface area (Å²) in [5.74, 6) is -0.893. The van der Waals surface area contributed by atoms with E-state index in [0.29, 0.717) is 5.56 Å². The number of carbonyl (C=O) groups excluding carboxylic acids is 1. The summed E-state index contributed by atoms with van der Waals surface area (Å²) in [6.45, 7) is -0.0124. The fourth-order valence-corrected chi connectivity index (χ4v) is 2.16. The van der Waals surface area contributed by atoms with E-state index in [0.717, 1.165) is 12.1 Å². The van der Waals surface area contributed by atoms with Gasteiger partial charge in [0, 0.05) is 13.1 Å². The highest BCUT2D eigenvalue weighted by atomic mass is 19.3. The minimum atomic E-state index is -2.79. The lowest BCUT2D eigenvalue weighted by Crippen LogP contribution is -2.43. The Kier molecular flexibility index (Phi) is 5.83. The molecule has 0 saturated carbocycles. The number of guanidine groups is 1. The number of amides is 1. The zero-order chi connectivity index (χ0) is 17.7. The molecule has 1 aliphatic heterocycles. The molecule has 2 rings (SSSR count). The number of halogens is 2. The first-order valence-corrected chi connectivity index (χ1v) is 7.15. The predicted molar refractivity (Wildman–Crippen MR) is 82.4 cm³/mol. The molecule has 0 aliphatic carbocycles. The monoisotopic (exact) mass is 341 g/mol. The van der Waals surface area contributed by atoms with Gasteiger partial charge in [-0.1, -0.05) is 6.07 Å². The van der Waals surface area contributed by atoms with Gasteiger partial charge in [0.1, 0.15) is 11.4 Å². The summed E-state index contributed by atoms with van der Waals surface area (Å²) >= 11 is 0. The minimum absolute atomic E-state index is 0.0232. The average Bonchev–Trinajstić information content (AvgIpc) is 2.88. The first kappa shape index (κ1) is 17.8. The topological polar surface area (TPSA) is 105 Å². The Hall–Kier alpha value is -2.52. The van der Waals surface area contributed by atoms with E-state index in [1.54, 1.807) is 0 Å². The maximum Gasteiger partial charge on any atom is 0.276 e. The molecule has 4 N–H and O–H groups in total. The lowest BCUT2D eigenvalue weighted by Gasteiger charge is -2.21. The average molecular weight is 341 g/mol. The Labute approximate surface area is 136 Å². The van der Waals surface area contributed by atoms with E-state index in [-0.39, 0.29) is 38.0 Å². The van der Waals surface area contributed by atoms with Crippen LogP contribution in [0.2, 0.25) is 0 Å². The highest BCUT2D eigenvalue weighted by Crippen LogP contribution is 2.29. The van der Waals surface area contributed by atoms with Crippen molar-refractivity contribution in [3.63, 3.8) is 0 Å². The summed E-state index contributed by atoms with van der Waals surface area (Å²) < 4.78 is 25.2. The van der Waals surface area contributed by atoms with Crippen molar-refractivity contribution in [2.45, 2.75) is 6.43 Å². The van der Waals surface area contributed by atoms with E-state index < -0.39 is 23.6 Å². The molecule has 130 valence electrons. The standard InChI is InChI=1S/C15H17F2N3O4/c16-13(17)10-2-1-9(8-12(10)23)7-11-14(24)19-15(18-11)20(3-5-21)4-6-22/h1-2,7-8,13,21-23H,3-6H2,(H,18,19,24)/b11-7-. The van der Waals surface area contributed by atoms with E-state index >= 15 is 0 Å². The van der Waals surface area contributed by atoms with Gasteiger partial charge in [0.2, 0.25) is 5.96 Å². The molecule has 0 saturated heterocycles. The molecule has 0 aromatic heterocycles. The summed E-state index contributed by atoms with van der Waals surface area (Å²) in [5, 5.41) is 30.1. The maximum atomic E-state index is 12.6. The molecular formula is C15H17F2N3O4. The number of nitrogens with zero attached hydrogens (tertiary/aromatic N) is 2. The molecule has 1 heterocycles. The maximum absolute atomic E-state index is 12.6. The van der Waals surface area contributed by atoms with Crippen LogP contribution in [0, 0.1) is 0 Å². The van der Waals surface area contributed by atoms with E-state index in [2.05, 4.69) is 10.3 Å². The SMILES string of the molecule is O=C1NC(N(CCO)CCO)=N/C1=C\c1ccc(C(F)F)c(O)c1. The third-order valence-corrected chi connectivity index (χ3v) is 3.32. The molecule has 24 heavy (non-hydrogen) atoms. The molecule has 1 amide bonds. The van der Waals surface area contributed by atoms with Gasteiger partial charge in [-0.15, -0.1) is 0 Å². The molecule has 0 radical (unpaired) electrons. The van der Waals surface area contributed by atoms with E-state index in [1.807, 2.05) is 0 Å². The van der Waals surface area contributed by atoms with E-state index in [4.69, 9.17) is 10.2 Å². The molecule has 9 heteroatoms. The summed E-state index contributed by atoms with van der Waals surface area (Å²) in [5.41, 5.74) is -0.132. The smallest absolute Gasteiger partial charge is 0.276 e. The number of hydrogen-bond acceptors (Lipinski definition) is 6.